The smallest absolute Gasteiger partial charge is 0.316 e. The second-order valence-electron chi connectivity index (χ2n) is 2.57. The van der Waals surface area contributed by atoms with Gasteiger partial charge in [0.05, 0.1) is 5.92 Å². The molecule has 12 heavy (non-hydrogen) atoms. The van der Waals surface area contributed by atoms with Crippen LogP contribution >= 0.6 is 0 Å². The van der Waals surface area contributed by atoms with Crippen LogP contribution in [0.4, 0.5) is 0 Å². The van der Waals surface area contributed by atoms with E-state index in [2.05, 4.69) is 11.3 Å². The van der Waals surface area contributed by atoms with Crippen LogP contribution in [0.5, 0.6) is 0 Å². The standard InChI is InChI=1S/C9H14O3/c1-4-6-7(3)9(11)12-8(10)5-2/h4,7H,1,5-6H2,2-3H3. The van der Waals surface area contributed by atoms with E-state index in [0.717, 1.165) is 0 Å². The van der Waals surface area contributed by atoms with E-state index in [1.807, 2.05) is 0 Å². The van der Waals surface area contributed by atoms with Crippen LogP contribution in [0, 0.1) is 5.92 Å². The average molecular weight is 170 g/mol. The van der Waals surface area contributed by atoms with E-state index in [1.54, 1.807) is 19.9 Å². The molecule has 0 aliphatic heterocycles. The molecule has 0 heterocycles. The minimum atomic E-state index is -0.476. The summed E-state index contributed by atoms with van der Waals surface area (Å²) < 4.78 is 4.49. The molecule has 1 atom stereocenters. The summed E-state index contributed by atoms with van der Waals surface area (Å²) in [5.74, 6) is -1.23. The zero-order chi connectivity index (χ0) is 9.56. The molecular formula is C9H14O3. The third-order valence-electron chi connectivity index (χ3n) is 1.43. The molecule has 0 saturated carbocycles. The lowest BCUT2D eigenvalue weighted by Crippen LogP contribution is -2.18. The van der Waals surface area contributed by atoms with Gasteiger partial charge in [-0.1, -0.05) is 19.9 Å². The quantitative estimate of drug-likeness (QED) is 0.366. The van der Waals surface area contributed by atoms with Gasteiger partial charge in [-0.05, 0) is 6.42 Å². The van der Waals surface area contributed by atoms with Gasteiger partial charge in [-0.25, -0.2) is 0 Å². The maximum atomic E-state index is 11.0. The van der Waals surface area contributed by atoms with Gasteiger partial charge in [0.15, 0.2) is 0 Å². The third kappa shape index (κ3) is 3.91. The lowest BCUT2D eigenvalue weighted by molar-refractivity contribution is -0.162. The zero-order valence-corrected chi connectivity index (χ0v) is 7.50. The van der Waals surface area contributed by atoms with Crippen LogP contribution < -0.4 is 0 Å². The zero-order valence-electron chi connectivity index (χ0n) is 7.50. The second-order valence-corrected chi connectivity index (χ2v) is 2.57. The Labute approximate surface area is 72.4 Å². The molecule has 3 heteroatoms. The maximum Gasteiger partial charge on any atom is 0.316 e. The van der Waals surface area contributed by atoms with Crippen molar-refractivity contribution in [1.29, 1.82) is 0 Å². The van der Waals surface area contributed by atoms with Gasteiger partial charge in [0.25, 0.3) is 0 Å². The van der Waals surface area contributed by atoms with Crippen LogP contribution in [-0.4, -0.2) is 11.9 Å². The normalized spacial score (nSPS) is 11.8. The minimum absolute atomic E-state index is 0.229. The highest BCUT2D eigenvalue weighted by molar-refractivity contribution is 5.86. The molecule has 0 aromatic carbocycles. The number of ether oxygens (including phenoxy) is 1. The predicted molar refractivity (Wildman–Crippen MR) is 45.4 cm³/mol. The van der Waals surface area contributed by atoms with Crippen molar-refractivity contribution in [2.45, 2.75) is 26.7 Å². The highest BCUT2D eigenvalue weighted by Crippen LogP contribution is 2.05. The van der Waals surface area contributed by atoms with Gasteiger partial charge in [0, 0.05) is 6.42 Å². The van der Waals surface area contributed by atoms with Gasteiger partial charge in [-0.15, -0.1) is 6.58 Å². The Morgan fingerprint density at radius 2 is 2.17 bits per heavy atom. The summed E-state index contributed by atoms with van der Waals surface area (Å²) in [4.78, 5) is 21.7. The maximum absolute atomic E-state index is 11.0. The van der Waals surface area contributed by atoms with Crippen molar-refractivity contribution in [3.05, 3.63) is 12.7 Å². The molecule has 0 aliphatic rings. The van der Waals surface area contributed by atoms with Crippen LogP contribution in [-0.2, 0) is 14.3 Å². The number of carbonyl (C=O) groups is 2. The topological polar surface area (TPSA) is 43.4 Å². The van der Waals surface area contributed by atoms with Crippen LogP contribution in [0.3, 0.4) is 0 Å². The van der Waals surface area contributed by atoms with E-state index in [0.29, 0.717) is 6.42 Å². The number of allylic oxidation sites excluding steroid dienone is 1. The van der Waals surface area contributed by atoms with E-state index in [4.69, 9.17) is 0 Å². The number of rotatable bonds is 4. The lowest BCUT2D eigenvalue weighted by Gasteiger charge is -2.06. The molecule has 68 valence electrons. The van der Waals surface area contributed by atoms with Crippen molar-refractivity contribution in [2.24, 2.45) is 5.92 Å². The second kappa shape index (κ2) is 5.52. The molecule has 0 radical (unpaired) electrons. The van der Waals surface area contributed by atoms with Crippen molar-refractivity contribution < 1.29 is 14.3 Å². The fourth-order valence-corrected chi connectivity index (χ4v) is 0.631. The SMILES string of the molecule is C=CCC(C)C(=O)OC(=O)CC. The van der Waals surface area contributed by atoms with Crippen LogP contribution in [0.1, 0.15) is 26.7 Å². The van der Waals surface area contributed by atoms with Crippen LogP contribution in [0.15, 0.2) is 12.7 Å². The van der Waals surface area contributed by atoms with E-state index in [-0.39, 0.29) is 12.3 Å². The molecule has 0 bridgehead atoms. The van der Waals surface area contributed by atoms with E-state index in [1.165, 1.54) is 0 Å². The van der Waals surface area contributed by atoms with Crippen molar-refractivity contribution in [2.75, 3.05) is 0 Å². The molecule has 1 unspecified atom stereocenters. The number of esters is 2. The van der Waals surface area contributed by atoms with E-state index >= 15 is 0 Å². The fraction of sp³-hybridized carbons (Fsp3) is 0.556. The largest absolute Gasteiger partial charge is 0.393 e. The molecule has 0 aromatic heterocycles. The Morgan fingerprint density at radius 1 is 1.58 bits per heavy atom. The summed E-state index contributed by atoms with van der Waals surface area (Å²) in [5.41, 5.74) is 0. The summed E-state index contributed by atoms with van der Waals surface area (Å²) in [6, 6.07) is 0. The molecule has 0 N–H and O–H groups in total. The molecule has 0 aromatic rings. The molecule has 0 spiro atoms. The number of hydrogen-bond acceptors (Lipinski definition) is 3. The summed E-state index contributed by atoms with van der Waals surface area (Å²) in [6.45, 7) is 6.84. The summed E-state index contributed by atoms with van der Waals surface area (Å²) in [7, 11) is 0. The molecular weight excluding hydrogens is 156 g/mol. The summed E-state index contributed by atoms with van der Waals surface area (Å²) >= 11 is 0. The summed E-state index contributed by atoms with van der Waals surface area (Å²) in [5, 5.41) is 0. The Kier molecular flexibility index (Phi) is 5.00. The molecule has 0 aliphatic carbocycles. The molecule has 0 amide bonds. The predicted octanol–water partition coefficient (Wildman–Crippen LogP) is 1.68. The first-order valence-electron chi connectivity index (χ1n) is 3.97. The number of carbonyl (C=O) groups excluding carboxylic acids is 2. The van der Waals surface area contributed by atoms with Crippen molar-refractivity contribution in [1.82, 2.24) is 0 Å². The highest BCUT2D eigenvalue weighted by atomic mass is 16.6. The Balaban J connectivity index is 3.86. The number of hydrogen-bond donors (Lipinski definition) is 0. The van der Waals surface area contributed by atoms with E-state index in [9.17, 15) is 9.59 Å². The van der Waals surface area contributed by atoms with Gasteiger partial charge in [-0.2, -0.15) is 0 Å². The monoisotopic (exact) mass is 170 g/mol. The minimum Gasteiger partial charge on any atom is -0.393 e. The summed E-state index contributed by atoms with van der Waals surface area (Å²) in [6.07, 6.45) is 2.39. The molecule has 3 nitrogen and oxygen atoms in total. The van der Waals surface area contributed by atoms with Gasteiger partial charge in [0.2, 0.25) is 0 Å². The van der Waals surface area contributed by atoms with Gasteiger partial charge in [0.1, 0.15) is 0 Å². The first-order valence-corrected chi connectivity index (χ1v) is 3.97. The first kappa shape index (κ1) is 10.9. The molecule has 0 fully saturated rings. The lowest BCUT2D eigenvalue weighted by atomic mass is 10.1. The fourth-order valence-electron chi connectivity index (χ4n) is 0.631. The van der Waals surface area contributed by atoms with E-state index < -0.39 is 11.9 Å². The van der Waals surface area contributed by atoms with Crippen molar-refractivity contribution in [3.8, 4) is 0 Å². The average Bonchev–Trinajstić information content (AvgIpc) is 2.04. The Morgan fingerprint density at radius 3 is 2.58 bits per heavy atom. The van der Waals surface area contributed by atoms with Gasteiger partial charge in [-0.3, -0.25) is 9.59 Å². The van der Waals surface area contributed by atoms with Crippen LogP contribution in [0.2, 0.25) is 0 Å². The van der Waals surface area contributed by atoms with Crippen LogP contribution in [0.25, 0.3) is 0 Å². The molecule has 0 saturated heterocycles. The van der Waals surface area contributed by atoms with Gasteiger partial charge < -0.3 is 4.74 Å². The molecule has 0 rings (SSSR count). The Hall–Kier alpha value is -1.12. The van der Waals surface area contributed by atoms with Crippen molar-refractivity contribution >= 4 is 11.9 Å². The highest BCUT2D eigenvalue weighted by Gasteiger charge is 2.15. The first-order chi connectivity index (χ1) is 5.61. The third-order valence-corrected chi connectivity index (χ3v) is 1.43. The Bertz CT molecular complexity index is 184. The van der Waals surface area contributed by atoms with Gasteiger partial charge >= 0.3 is 11.9 Å². The van der Waals surface area contributed by atoms with Crippen molar-refractivity contribution in [3.63, 3.8) is 0 Å².